The fraction of sp³-hybridized carbons (Fsp3) is 0.238. The number of ketones is 1. The average Bonchev–Trinajstić information content (AvgIpc) is 3.23. The number of Topliss-reactive ketones (excluding diaryl/α,β-unsaturated/α-hetero) is 1. The van der Waals surface area contributed by atoms with E-state index in [4.69, 9.17) is 28.4 Å². The van der Waals surface area contributed by atoms with Crippen LogP contribution in [-0.2, 0) is 9.53 Å². The first-order chi connectivity index (χ1) is 14.0. The third kappa shape index (κ3) is 3.96. The summed E-state index contributed by atoms with van der Waals surface area (Å²) in [6.07, 6.45) is 1.41. The molecule has 2 aromatic carbocycles. The van der Waals surface area contributed by atoms with Crippen LogP contribution in [0.3, 0.4) is 0 Å². The maximum atomic E-state index is 13.0. The Kier molecular flexibility index (Phi) is 5.92. The molecule has 0 atom stereocenters. The molecular weight excluding hydrogens is 380 g/mol. The number of rotatable bonds is 7. The van der Waals surface area contributed by atoms with Gasteiger partial charge in [-0.05, 0) is 42.0 Å². The van der Waals surface area contributed by atoms with Crippen molar-refractivity contribution in [1.29, 1.82) is 0 Å². The maximum absolute atomic E-state index is 13.0. The van der Waals surface area contributed by atoms with Gasteiger partial charge in [0.1, 0.15) is 5.57 Å². The Labute approximate surface area is 167 Å². The van der Waals surface area contributed by atoms with Gasteiger partial charge in [0.05, 0.1) is 28.4 Å². The van der Waals surface area contributed by atoms with Crippen molar-refractivity contribution >= 4 is 17.8 Å². The van der Waals surface area contributed by atoms with E-state index in [-0.39, 0.29) is 17.9 Å². The van der Waals surface area contributed by atoms with E-state index in [9.17, 15) is 9.59 Å². The van der Waals surface area contributed by atoms with Crippen LogP contribution in [-0.4, -0.2) is 47.0 Å². The van der Waals surface area contributed by atoms with Gasteiger partial charge in [0.15, 0.2) is 28.8 Å². The van der Waals surface area contributed by atoms with Crippen LogP contribution in [0.15, 0.2) is 35.9 Å². The van der Waals surface area contributed by atoms with Crippen LogP contribution in [0, 0.1) is 0 Å². The summed E-state index contributed by atoms with van der Waals surface area (Å²) in [5.41, 5.74) is 0.591. The molecule has 0 amide bonds. The molecule has 0 aromatic heterocycles. The Morgan fingerprint density at radius 2 is 1.55 bits per heavy atom. The lowest BCUT2D eigenvalue weighted by molar-refractivity contribution is -0.135. The highest BCUT2D eigenvalue weighted by atomic mass is 16.7. The van der Waals surface area contributed by atoms with E-state index >= 15 is 0 Å². The van der Waals surface area contributed by atoms with Crippen molar-refractivity contribution in [3.63, 3.8) is 0 Å². The van der Waals surface area contributed by atoms with E-state index in [0.717, 1.165) is 0 Å². The summed E-state index contributed by atoms with van der Waals surface area (Å²) in [6, 6.07) is 7.94. The molecule has 0 saturated heterocycles. The SMILES string of the molecule is COC(=O)/C(=C\c1cc(OC)c(OC)c(OC)c1)C(=O)c1ccc2c(c1)OCO2. The summed E-state index contributed by atoms with van der Waals surface area (Å²) in [5.74, 6) is 0.845. The lowest BCUT2D eigenvalue weighted by Gasteiger charge is -2.13. The van der Waals surface area contributed by atoms with Crippen molar-refractivity contribution in [2.75, 3.05) is 35.2 Å². The second-order valence-electron chi connectivity index (χ2n) is 5.91. The minimum absolute atomic E-state index is 0.0815. The van der Waals surface area contributed by atoms with Gasteiger partial charge in [0.2, 0.25) is 12.5 Å². The molecule has 3 rings (SSSR count). The number of fused-ring (bicyclic) bond motifs is 1. The highest BCUT2D eigenvalue weighted by molar-refractivity contribution is 6.27. The van der Waals surface area contributed by atoms with Crippen LogP contribution in [0.4, 0.5) is 0 Å². The lowest BCUT2D eigenvalue weighted by Crippen LogP contribution is -2.14. The van der Waals surface area contributed by atoms with Gasteiger partial charge in [-0.15, -0.1) is 0 Å². The second-order valence-corrected chi connectivity index (χ2v) is 5.91. The van der Waals surface area contributed by atoms with E-state index in [1.807, 2.05) is 0 Å². The number of carbonyl (C=O) groups is 2. The summed E-state index contributed by atoms with van der Waals surface area (Å²) < 4.78 is 31.3. The zero-order chi connectivity index (χ0) is 21.0. The number of methoxy groups -OCH3 is 4. The normalized spacial score (nSPS) is 12.3. The largest absolute Gasteiger partial charge is 0.493 e. The monoisotopic (exact) mass is 400 g/mol. The zero-order valence-corrected chi connectivity index (χ0v) is 16.4. The Morgan fingerprint density at radius 1 is 0.897 bits per heavy atom. The number of hydrogen-bond acceptors (Lipinski definition) is 8. The molecule has 0 unspecified atom stereocenters. The van der Waals surface area contributed by atoms with E-state index in [2.05, 4.69) is 0 Å². The van der Waals surface area contributed by atoms with Crippen LogP contribution >= 0.6 is 0 Å². The first-order valence-electron chi connectivity index (χ1n) is 8.56. The molecule has 152 valence electrons. The highest BCUT2D eigenvalue weighted by Crippen LogP contribution is 2.39. The second kappa shape index (κ2) is 8.55. The van der Waals surface area contributed by atoms with E-state index < -0.39 is 11.8 Å². The average molecular weight is 400 g/mol. The molecule has 8 nitrogen and oxygen atoms in total. The van der Waals surface area contributed by atoms with Crippen LogP contribution in [0.1, 0.15) is 15.9 Å². The predicted octanol–water partition coefficient (Wildman–Crippen LogP) is 2.88. The summed E-state index contributed by atoms with van der Waals surface area (Å²) in [4.78, 5) is 25.4. The van der Waals surface area contributed by atoms with Crippen molar-refractivity contribution in [3.05, 3.63) is 47.0 Å². The number of benzene rings is 2. The number of esters is 1. The topological polar surface area (TPSA) is 89.5 Å². The highest BCUT2D eigenvalue weighted by Gasteiger charge is 2.24. The molecule has 0 spiro atoms. The molecule has 0 aliphatic carbocycles. The van der Waals surface area contributed by atoms with Crippen LogP contribution in [0.2, 0.25) is 0 Å². The first kappa shape index (κ1) is 20.1. The zero-order valence-electron chi connectivity index (χ0n) is 16.4. The van der Waals surface area contributed by atoms with Gasteiger partial charge >= 0.3 is 5.97 Å². The van der Waals surface area contributed by atoms with Crippen LogP contribution in [0.5, 0.6) is 28.7 Å². The van der Waals surface area contributed by atoms with Gasteiger partial charge in [-0.2, -0.15) is 0 Å². The Balaban J connectivity index is 2.06. The number of carbonyl (C=O) groups excluding carboxylic acids is 2. The third-order valence-corrected chi connectivity index (χ3v) is 4.28. The summed E-state index contributed by atoms with van der Waals surface area (Å²) >= 11 is 0. The summed E-state index contributed by atoms with van der Waals surface area (Å²) in [5, 5.41) is 0. The Bertz CT molecular complexity index is 952. The summed E-state index contributed by atoms with van der Waals surface area (Å²) in [7, 11) is 5.64. The quantitative estimate of drug-likeness (QED) is 0.230. The van der Waals surface area contributed by atoms with E-state index in [0.29, 0.717) is 34.3 Å². The molecule has 1 aliphatic rings. The van der Waals surface area contributed by atoms with Gasteiger partial charge in [0.25, 0.3) is 0 Å². The van der Waals surface area contributed by atoms with Gasteiger partial charge in [-0.1, -0.05) is 0 Å². The summed E-state index contributed by atoms with van der Waals surface area (Å²) in [6.45, 7) is 0.0815. The third-order valence-electron chi connectivity index (χ3n) is 4.28. The number of ether oxygens (including phenoxy) is 6. The number of hydrogen-bond donors (Lipinski definition) is 0. The van der Waals surface area contributed by atoms with Crippen LogP contribution < -0.4 is 23.7 Å². The Hall–Kier alpha value is -3.68. The lowest BCUT2D eigenvalue weighted by atomic mass is 10.00. The minimum Gasteiger partial charge on any atom is -0.493 e. The minimum atomic E-state index is -0.776. The molecule has 0 saturated carbocycles. The van der Waals surface area contributed by atoms with E-state index in [1.165, 1.54) is 40.6 Å². The Morgan fingerprint density at radius 3 is 2.14 bits per heavy atom. The molecule has 0 bridgehead atoms. The fourth-order valence-electron chi connectivity index (χ4n) is 2.87. The molecule has 1 heterocycles. The van der Waals surface area contributed by atoms with Crippen molar-refractivity contribution in [2.45, 2.75) is 0 Å². The molecule has 1 aliphatic heterocycles. The van der Waals surface area contributed by atoms with Crippen molar-refractivity contribution in [2.24, 2.45) is 0 Å². The van der Waals surface area contributed by atoms with Crippen molar-refractivity contribution < 1.29 is 38.0 Å². The van der Waals surface area contributed by atoms with Gasteiger partial charge in [0, 0.05) is 5.56 Å². The maximum Gasteiger partial charge on any atom is 0.341 e. The molecule has 0 radical (unpaired) electrons. The fourth-order valence-corrected chi connectivity index (χ4v) is 2.87. The van der Waals surface area contributed by atoms with Gasteiger partial charge in [-0.3, -0.25) is 4.79 Å². The van der Waals surface area contributed by atoms with Crippen LogP contribution in [0.25, 0.3) is 6.08 Å². The molecule has 8 heteroatoms. The molecular formula is C21H20O8. The standard InChI is InChI=1S/C21H20O8/c1-24-17-8-12(9-18(25-2)20(17)26-3)7-14(21(23)27-4)19(22)13-5-6-15-16(10-13)29-11-28-15/h5-10H,11H2,1-4H3/b14-7-. The predicted molar refractivity (Wildman–Crippen MR) is 103 cm³/mol. The van der Waals surface area contributed by atoms with Crippen molar-refractivity contribution in [3.8, 4) is 28.7 Å². The van der Waals surface area contributed by atoms with E-state index in [1.54, 1.807) is 24.3 Å². The molecule has 2 aromatic rings. The van der Waals surface area contributed by atoms with Gasteiger partial charge in [-0.25, -0.2) is 4.79 Å². The molecule has 0 fully saturated rings. The van der Waals surface area contributed by atoms with Crippen molar-refractivity contribution in [1.82, 2.24) is 0 Å². The molecule has 29 heavy (non-hydrogen) atoms. The van der Waals surface area contributed by atoms with Gasteiger partial charge < -0.3 is 28.4 Å². The first-order valence-corrected chi connectivity index (χ1v) is 8.56. The molecule has 0 N–H and O–H groups in total. The smallest absolute Gasteiger partial charge is 0.341 e.